The highest BCUT2D eigenvalue weighted by molar-refractivity contribution is 8.14. The van der Waals surface area contributed by atoms with Crippen molar-refractivity contribution in [2.24, 2.45) is 5.10 Å². The van der Waals surface area contributed by atoms with Crippen LogP contribution in [-0.4, -0.2) is 36.0 Å². The summed E-state index contributed by atoms with van der Waals surface area (Å²) in [5, 5.41) is 5.76. The largest absolute Gasteiger partial charge is 0.495 e. The first kappa shape index (κ1) is 29.3. The second-order valence-corrected chi connectivity index (χ2v) is 11.4. The van der Waals surface area contributed by atoms with Crippen LogP contribution in [0.15, 0.2) is 94.9 Å². The fourth-order valence-electron chi connectivity index (χ4n) is 4.43. The molecule has 1 aliphatic rings. The van der Waals surface area contributed by atoms with Crippen molar-refractivity contribution in [3.05, 3.63) is 124 Å². The summed E-state index contributed by atoms with van der Waals surface area (Å²) in [6, 6.07) is 23.0. The average Bonchev–Trinajstić information content (AvgIpc) is 3.45. The van der Waals surface area contributed by atoms with E-state index < -0.39 is 17.1 Å². The normalized spacial score (nSPS) is 14.5. The monoisotopic (exact) mass is 604 g/mol. The van der Waals surface area contributed by atoms with Gasteiger partial charge in [0.25, 0.3) is 5.91 Å². The first-order chi connectivity index (χ1) is 20.3. The van der Waals surface area contributed by atoms with Gasteiger partial charge in [0.1, 0.15) is 22.0 Å². The fraction of sp³-hybridized carbons (Fsp3) is 0.156. The number of nitrogens with zero attached hydrogens (tertiary/aromatic N) is 2. The molecule has 0 saturated heterocycles. The number of methoxy groups -OCH3 is 2. The number of hydrogen-bond donors (Lipinski definition) is 0. The Morgan fingerprint density at radius 1 is 0.929 bits per heavy atom. The molecule has 0 spiro atoms. The predicted octanol–water partition coefficient (Wildman–Crippen LogP) is 7.73. The van der Waals surface area contributed by atoms with E-state index in [1.165, 1.54) is 66.8 Å². The minimum absolute atomic E-state index is 0.00172. The number of Topliss-reactive ketones (excluding diaryl/α,β-unsaturated/α-hetero) is 1. The van der Waals surface area contributed by atoms with Crippen LogP contribution in [0.3, 0.4) is 0 Å². The van der Waals surface area contributed by atoms with E-state index in [1.54, 1.807) is 25.3 Å². The van der Waals surface area contributed by atoms with Crippen molar-refractivity contribution in [3.63, 3.8) is 0 Å². The molecule has 1 unspecified atom stereocenters. The van der Waals surface area contributed by atoms with Crippen molar-refractivity contribution < 1.29 is 27.8 Å². The number of benzene rings is 4. The van der Waals surface area contributed by atoms with Gasteiger partial charge in [-0.2, -0.15) is 5.10 Å². The molecule has 10 heteroatoms. The van der Waals surface area contributed by atoms with E-state index in [0.29, 0.717) is 33.2 Å². The Hall–Kier alpha value is -4.15. The zero-order valence-electron chi connectivity index (χ0n) is 23.0. The van der Waals surface area contributed by atoms with E-state index in [0.717, 1.165) is 16.5 Å². The van der Waals surface area contributed by atoms with E-state index in [2.05, 4.69) is 5.10 Å². The quantitative estimate of drug-likeness (QED) is 0.144. The summed E-state index contributed by atoms with van der Waals surface area (Å²) >= 11 is 2.85. The molecule has 6 nitrogen and oxygen atoms in total. The highest BCUT2D eigenvalue weighted by Crippen LogP contribution is 2.48. The summed E-state index contributed by atoms with van der Waals surface area (Å²) in [4.78, 5) is 26.4. The Balaban J connectivity index is 1.50. The van der Waals surface area contributed by atoms with E-state index in [1.807, 2.05) is 36.4 Å². The molecular weight excluding hydrogens is 578 g/mol. The zero-order valence-corrected chi connectivity index (χ0v) is 24.6. The van der Waals surface area contributed by atoms with Crippen LogP contribution in [0.4, 0.5) is 8.78 Å². The van der Waals surface area contributed by atoms with Gasteiger partial charge >= 0.3 is 0 Å². The van der Waals surface area contributed by atoms with Crippen molar-refractivity contribution in [3.8, 4) is 11.5 Å². The summed E-state index contributed by atoms with van der Waals surface area (Å²) in [6.07, 6.45) is 0. The Labute approximate surface area is 250 Å². The molecule has 0 fully saturated rings. The smallest absolute Gasteiger partial charge is 0.275 e. The SMILES string of the molecule is COc1ccc(C(=O)N2N=C(c3ccc(F)cc3)SC2c2cccc(SCc3cccc(C(C)=O)c3)c2OC)cc1F. The van der Waals surface area contributed by atoms with Crippen LogP contribution in [0.5, 0.6) is 11.5 Å². The third kappa shape index (κ3) is 6.19. The maximum absolute atomic E-state index is 14.5. The molecule has 5 rings (SSSR count). The van der Waals surface area contributed by atoms with Gasteiger partial charge in [0.15, 0.2) is 17.3 Å². The molecule has 4 aromatic carbocycles. The van der Waals surface area contributed by atoms with Gasteiger partial charge in [-0.1, -0.05) is 42.1 Å². The molecular formula is C32H26F2N2O4S2. The number of para-hydroxylation sites is 1. The number of ether oxygens (including phenoxy) is 2. The molecule has 1 heterocycles. The number of ketones is 1. The van der Waals surface area contributed by atoms with Crippen LogP contribution < -0.4 is 9.47 Å². The van der Waals surface area contributed by atoms with Crippen LogP contribution in [0.25, 0.3) is 0 Å². The van der Waals surface area contributed by atoms with Gasteiger partial charge in [0.05, 0.1) is 19.1 Å². The minimum atomic E-state index is -0.667. The molecule has 1 amide bonds. The van der Waals surface area contributed by atoms with E-state index in [-0.39, 0.29) is 22.9 Å². The number of halogens is 2. The molecule has 0 bridgehead atoms. The fourth-order valence-corrected chi connectivity index (χ4v) is 6.61. The Morgan fingerprint density at radius 3 is 2.38 bits per heavy atom. The van der Waals surface area contributed by atoms with E-state index in [4.69, 9.17) is 9.47 Å². The highest BCUT2D eigenvalue weighted by Gasteiger charge is 2.37. The Kier molecular flexibility index (Phi) is 8.94. The summed E-state index contributed by atoms with van der Waals surface area (Å²) in [5.74, 6) is -0.402. The summed E-state index contributed by atoms with van der Waals surface area (Å²) in [7, 11) is 2.91. The molecule has 214 valence electrons. The number of amides is 1. The van der Waals surface area contributed by atoms with Gasteiger partial charge in [0.2, 0.25) is 0 Å². The molecule has 1 aliphatic heterocycles. The Bertz CT molecular complexity index is 1680. The van der Waals surface area contributed by atoms with Gasteiger partial charge in [-0.05, 0) is 67.1 Å². The van der Waals surface area contributed by atoms with Crippen LogP contribution in [-0.2, 0) is 5.75 Å². The van der Waals surface area contributed by atoms with Crippen molar-refractivity contribution >= 4 is 40.3 Å². The number of carbonyl (C=O) groups is 2. The van der Waals surface area contributed by atoms with Crippen LogP contribution >= 0.6 is 23.5 Å². The third-order valence-corrected chi connectivity index (χ3v) is 8.88. The molecule has 42 heavy (non-hydrogen) atoms. The third-order valence-electron chi connectivity index (χ3n) is 6.55. The van der Waals surface area contributed by atoms with E-state index in [9.17, 15) is 18.4 Å². The van der Waals surface area contributed by atoms with Gasteiger partial charge in [-0.3, -0.25) is 9.59 Å². The van der Waals surface area contributed by atoms with Gasteiger partial charge in [-0.25, -0.2) is 13.8 Å². The lowest BCUT2D eigenvalue weighted by Gasteiger charge is -2.24. The summed E-state index contributed by atoms with van der Waals surface area (Å²) in [5.41, 5.74) is 3.05. The van der Waals surface area contributed by atoms with E-state index >= 15 is 0 Å². The van der Waals surface area contributed by atoms with Gasteiger partial charge in [-0.15, -0.1) is 11.8 Å². The molecule has 0 aromatic heterocycles. The summed E-state index contributed by atoms with van der Waals surface area (Å²) in [6.45, 7) is 1.54. The molecule has 0 saturated carbocycles. The number of carbonyl (C=O) groups excluding carboxylic acids is 2. The molecule has 1 atom stereocenters. The molecule has 0 aliphatic carbocycles. The van der Waals surface area contributed by atoms with Gasteiger partial charge in [0, 0.05) is 28.0 Å². The summed E-state index contributed by atoms with van der Waals surface area (Å²) < 4.78 is 39.1. The van der Waals surface area contributed by atoms with Crippen LogP contribution in [0.1, 0.15) is 49.7 Å². The topological polar surface area (TPSA) is 68.2 Å². The number of thioether (sulfide) groups is 2. The highest BCUT2D eigenvalue weighted by atomic mass is 32.2. The van der Waals surface area contributed by atoms with Crippen LogP contribution in [0, 0.1) is 11.6 Å². The minimum Gasteiger partial charge on any atom is -0.495 e. The lowest BCUT2D eigenvalue weighted by molar-refractivity contribution is 0.0747. The van der Waals surface area contributed by atoms with Crippen molar-refractivity contribution in [1.29, 1.82) is 0 Å². The number of rotatable bonds is 9. The standard InChI is InChI=1S/C32H26F2N2O4S2/c1-19(37)22-7-4-6-20(16-22)18-41-28-9-5-8-25(29(28)40-3)32-36(31(38)23-12-15-27(39-2)26(34)17-23)35-30(42-32)21-10-13-24(33)14-11-21/h4-17,32H,18H2,1-3H3. The molecule has 4 aromatic rings. The Morgan fingerprint density at radius 2 is 1.69 bits per heavy atom. The first-order valence-corrected chi connectivity index (χ1v) is 14.7. The van der Waals surface area contributed by atoms with Crippen molar-refractivity contribution in [1.82, 2.24) is 5.01 Å². The second-order valence-electron chi connectivity index (χ2n) is 9.31. The van der Waals surface area contributed by atoms with Gasteiger partial charge < -0.3 is 9.47 Å². The average molecular weight is 605 g/mol. The maximum atomic E-state index is 14.5. The lowest BCUT2D eigenvalue weighted by atomic mass is 10.1. The molecule has 0 N–H and O–H groups in total. The van der Waals surface area contributed by atoms with Crippen molar-refractivity contribution in [2.45, 2.75) is 22.9 Å². The molecule has 0 radical (unpaired) electrons. The second kappa shape index (κ2) is 12.8. The zero-order chi connectivity index (χ0) is 29.8. The van der Waals surface area contributed by atoms with Crippen molar-refractivity contribution in [2.75, 3.05) is 14.2 Å². The lowest BCUT2D eigenvalue weighted by Crippen LogP contribution is -2.26. The number of hydrazone groups is 1. The predicted molar refractivity (Wildman–Crippen MR) is 161 cm³/mol. The van der Waals surface area contributed by atoms with Crippen LogP contribution in [0.2, 0.25) is 0 Å². The number of hydrogen-bond acceptors (Lipinski definition) is 7. The maximum Gasteiger partial charge on any atom is 0.275 e. The first-order valence-electron chi connectivity index (χ1n) is 12.9.